The molecule has 1 saturated heterocycles. The van der Waals surface area contributed by atoms with Crippen molar-refractivity contribution in [2.45, 2.75) is 25.8 Å². The molecular weight excluding hydrogens is 330 g/mol. The molecule has 0 atom stereocenters. The lowest BCUT2D eigenvalue weighted by atomic mass is 10.2. The maximum Gasteiger partial charge on any atom is 0.246 e. The van der Waals surface area contributed by atoms with Crippen molar-refractivity contribution >= 4 is 23.3 Å². The lowest BCUT2D eigenvalue weighted by Crippen LogP contribution is -2.47. The molecule has 2 aliphatic rings. The van der Waals surface area contributed by atoms with E-state index in [1.54, 1.807) is 6.08 Å². The Labute approximate surface area is 152 Å². The molecule has 1 aliphatic carbocycles. The van der Waals surface area contributed by atoms with E-state index in [-0.39, 0.29) is 5.91 Å². The molecule has 0 spiro atoms. The average Bonchev–Trinajstić information content (AvgIpc) is 3.23. The molecule has 130 valence electrons. The van der Waals surface area contributed by atoms with Crippen LogP contribution in [0.3, 0.4) is 0 Å². The largest absolute Gasteiger partial charge is 0.337 e. The van der Waals surface area contributed by atoms with Gasteiger partial charge in [-0.25, -0.2) is 4.98 Å². The van der Waals surface area contributed by atoms with Crippen molar-refractivity contribution in [2.24, 2.45) is 0 Å². The van der Waals surface area contributed by atoms with Crippen molar-refractivity contribution in [3.8, 4) is 0 Å². The summed E-state index contributed by atoms with van der Waals surface area (Å²) in [6.45, 7) is 4.37. The fourth-order valence-corrected chi connectivity index (χ4v) is 4.67. The third kappa shape index (κ3) is 3.99. The molecule has 1 fully saturated rings. The molecule has 1 aliphatic heterocycles. The highest BCUT2D eigenvalue weighted by Crippen LogP contribution is 2.28. The first-order valence-corrected chi connectivity index (χ1v) is 9.81. The van der Waals surface area contributed by atoms with Gasteiger partial charge in [0.05, 0.1) is 12.2 Å². The van der Waals surface area contributed by atoms with E-state index >= 15 is 0 Å². The molecule has 1 amide bonds. The van der Waals surface area contributed by atoms with Crippen LogP contribution < -0.4 is 0 Å². The molecule has 0 radical (unpaired) electrons. The Morgan fingerprint density at radius 1 is 1.12 bits per heavy atom. The van der Waals surface area contributed by atoms with Crippen LogP contribution in [0.5, 0.6) is 0 Å². The quantitative estimate of drug-likeness (QED) is 0.793. The Hall–Kier alpha value is -1.98. The second-order valence-corrected chi connectivity index (χ2v) is 7.84. The van der Waals surface area contributed by atoms with Gasteiger partial charge < -0.3 is 4.90 Å². The first kappa shape index (κ1) is 16.5. The number of aromatic nitrogens is 1. The van der Waals surface area contributed by atoms with Gasteiger partial charge in [-0.05, 0) is 30.9 Å². The number of carbonyl (C=O) groups is 1. The molecule has 2 heterocycles. The third-order valence-corrected chi connectivity index (χ3v) is 6.04. The monoisotopic (exact) mass is 353 g/mol. The SMILES string of the molecule is O=C(/C=C/c1ccccc1)N1CCN(Cc2nc3c(s2)CCC3)CC1. The number of thiazole rings is 1. The standard InChI is InChI=1S/C20H23N3OS/c24-20(10-9-16-5-2-1-3-6-16)23-13-11-22(12-14-23)15-19-21-17-7-4-8-18(17)25-19/h1-3,5-6,9-10H,4,7-8,11-15H2/b10-9+. The van der Waals surface area contributed by atoms with Gasteiger partial charge in [0.1, 0.15) is 5.01 Å². The zero-order chi connectivity index (χ0) is 17.1. The van der Waals surface area contributed by atoms with Crippen molar-refractivity contribution in [3.05, 3.63) is 57.6 Å². The van der Waals surface area contributed by atoms with Crippen molar-refractivity contribution in [1.82, 2.24) is 14.8 Å². The van der Waals surface area contributed by atoms with Gasteiger partial charge in [-0.1, -0.05) is 30.3 Å². The topological polar surface area (TPSA) is 36.4 Å². The number of piperazine rings is 1. The van der Waals surface area contributed by atoms with Crippen molar-refractivity contribution < 1.29 is 4.79 Å². The minimum absolute atomic E-state index is 0.108. The van der Waals surface area contributed by atoms with Gasteiger partial charge in [0, 0.05) is 37.1 Å². The predicted molar refractivity (Wildman–Crippen MR) is 101 cm³/mol. The summed E-state index contributed by atoms with van der Waals surface area (Å²) < 4.78 is 0. The Kier molecular flexibility index (Phi) is 4.95. The molecule has 5 heteroatoms. The Morgan fingerprint density at radius 2 is 1.92 bits per heavy atom. The third-order valence-electron chi connectivity index (χ3n) is 4.90. The lowest BCUT2D eigenvalue weighted by molar-refractivity contribution is -0.127. The Bertz CT molecular complexity index is 739. The zero-order valence-electron chi connectivity index (χ0n) is 14.4. The summed E-state index contributed by atoms with van der Waals surface area (Å²) in [6, 6.07) is 9.96. The smallest absolute Gasteiger partial charge is 0.246 e. The van der Waals surface area contributed by atoms with Crippen LogP contribution in [0.25, 0.3) is 6.08 Å². The van der Waals surface area contributed by atoms with Crippen LogP contribution in [-0.4, -0.2) is 46.9 Å². The Morgan fingerprint density at radius 3 is 2.68 bits per heavy atom. The predicted octanol–water partition coefficient (Wildman–Crippen LogP) is 2.99. The van der Waals surface area contributed by atoms with Gasteiger partial charge in [-0.15, -0.1) is 11.3 Å². The summed E-state index contributed by atoms with van der Waals surface area (Å²) in [7, 11) is 0. The van der Waals surface area contributed by atoms with Crippen LogP contribution in [0, 0.1) is 0 Å². The normalized spacial score (nSPS) is 18.0. The molecule has 4 nitrogen and oxygen atoms in total. The molecule has 0 unspecified atom stereocenters. The summed E-state index contributed by atoms with van der Waals surface area (Å²) in [4.78, 5) is 23.0. The average molecular weight is 353 g/mol. The number of fused-ring (bicyclic) bond motifs is 1. The summed E-state index contributed by atoms with van der Waals surface area (Å²) in [5.41, 5.74) is 2.39. The Balaban J connectivity index is 1.27. The van der Waals surface area contributed by atoms with E-state index in [0.29, 0.717) is 0 Å². The maximum absolute atomic E-state index is 12.3. The minimum Gasteiger partial charge on any atom is -0.337 e. The minimum atomic E-state index is 0.108. The van der Waals surface area contributed by atoms with Crippen LogP contribution in [0.2, 0.25) is 0 Å². The van der Waals surface area contributed by atoms with Crippen LogP contribution in [0.1, 0.15) is 27.6 Å². The zero-order valence-corrected chi connectivity index (χ0v) is 15.2. The van der Waals surface area contributed by atoms with Crippen LogP contribution in [0.4, 0.5) is 0 Å². The van der Waals surface area contributed by atoms with E-state index in [4.69, 9.17) is 4.98 Å². The number of hydrogen-bond donors (Lipinski definition) is 0. The summed E-state index contributed by atoms with van der Waals surface area (Å²) in [6.07, 6.45) is 7.22. The molecule has 1 aromatic heterocycles. The first-order chi connectivity index (χ1) is 12.3. The van der Waals surface area contributed by atoms with Gasteiger partial charge >= 0.3 is 0 Å². The number of nitrogens with zero attached hydrogens (tertiary/aromatic N) is 3. The van der Waals surface area contributed by atoms with Crippen molar-refractivity contribution in [1.29, 1.82) is 0 Å². The van der Waals surface area contributed by atoms with Crippen molar-refractivity contribution in [3.63, 3.8) is 0 Å². The second kappa shape index (κ2) is 7.50. The number of benzene rings is 1. The summed E-state index contributed by atoms with van der Waals surface area (Å²) in [5, 5.41) is 1.24. The van der Waals surface area contributed by atoms with Crippen LogP contribution in [-0.2, 0) is 24.2 Å². The van der Waals surface area contributed by atoms with E-state index in [1.165, 1.54) is 28.4 Å². The van der Waals surface area contributed by atoms with E-state index < -0.39 is 0 Å². The lowest BCUT2D eigenvalue weighted by Gasteiger charge is -2.33. The molecule has 0 bridgehead atoms. The van der Waals surface area contributed by atoms with Gasteiger partial charge in [0.25, 0.3) is 0 Å². The molecule has 0 N–H and O–H groups in total. The molecule has 2 aromatic rings. The number of rotatable bonds is 4. The summed E-state index contributed by atoms with van der Waals surface area (Å²) in [5.74, 6) is 0.108. The number of carbonyl (C=O) groups excluding carboxylic acids is 1. The highest BCUT2D eigenvalue weighted by molar-refractivity contribution is 7.11. The molecule has 25 heavy (non-hydrogen) atoms. The van der Waals surface area contributed by atoms with Crippen molar-refractivity contribution in [2.75, 3.05) is 26.2 Å². The molecule has 0 saturated carbocycles. The van der Waals surface area contributed by atoms with Crippen LogP contribution in [0.15, 0.2) is 36.4 Å². The number of amides is 1. The van der Waals surface area contributed by atoms with Crippen LogP contribution >= 0.6 is 11.3 Å². The molecule has 4 rings (SSSR count). The van der Waals surface area contributed by atoms with E-state index in [9.17, 15) is 4.79 Å². The first-order valence-electron chi connectivity index (χ1n) is 9.00. The van der Waals surface area contributed by atoms with Gasteiger partial charge in [0.15, 0.2) is 0 Å². The maximum atomic E-state index is 12.3. The highest BCUT2D eigenvalue weighted by Gasteiger charge is 2.22. The summed E-state index contributed by atoms with van der Waals surface area (Å²) >= 11 is 1.88. The van der Waals surface area contributed by atoms with Gasteiger partial charge in [-0.2, -0.15) is 0 Å². The second-order valence-electron chi connectivity index (χ2n) is 6.68. The fourth-order valence-electron chi connectivity index (χ4n) is 3.47. The van der Waals surface area contributed by atoms with E-state index in [0.717, 1.165) is 44.7 Å². The number of hydrogen-bond acceptors (Lipinski definition) is 4. The fraction of sp³-hybridized carbons (Fsp3) is 0.400. The van der Waals surface area contributed by atoms with Gasteiger partial charge in [0.2, 0.25) is 5.91 Å². The van der Waals surface area contributed by atoms with Gasteiger partial charge in [-0.3, -0.25) is 9.69 Å². The molecule has 1 aromatic carbocycles. The highest BCUT2D eigenvalue weighted by atomic mass is 32.1. The molecular formula is C20H23N3OS. The van der Waals surface area contributed by atoms with E-state index in [1.807, 2.05) is 52.6 Å². The number of aryl methyl sites for hydroxylation is 2. The van der Waals surface area contributed by atoms with E-state index in [2.05, 4.69) is 4.90 Å².